The van der Waals surface area contributed by atoms with Crippen LogP contribution < -0.4 is 31.6 Å². The molecule has 4 rings (SSSR count). The number of aliphatic imine (C=N–C) groups is 1. The fraction of sp³-hybridized carbons (Fsp3) is 0.345. The van der Waals surface area contributed by atoms with Gasteiger partial charge in [-0.2, -0.15) is 13.2 Å². The fourth-order valence-electron chi connectivity index (χ4n) is 4.22. The molecule has 10 nitrogen and oxygen atoms in total. The van der Waals surface area contributed by atoms with Gasteiger partial charge in [0.1, 0.15) is 24.5 Å². The molecule has 14 heteroatoms. The van der Waals surface area contributed by atoms with Gasteiger partial charge >= 0.3 is 6.18 Å². The van der Waals surface area contributed by atoms with E-state index in [2.05, 4.69) is 35.9 Å². The highest BCUT2D eigenvalue weighted by Crippen LogP contribution is 2.38. The van der Waals surface area contributed by atoms with E-state index in [9.17, 15) is 22.4 Å². The average molecular weight is 600 g/mol. The van der Waals surface area contributed by atoms with E-state index in [0.29, 0.717) is 29.5 Å². The van der Waals surface area contributed by atoms with Crippen molar-refractivity contribution in [2.45, 2.75) is 19.3 Å². The number of fused-ring (bicyclic) bond motifs is 1. The molecule has 0 bridgehead atoms. The summed E-state index contributed by atoms with van der Waals surface area (Å²) in [4.78, 5) is 33.6. The largest absolute Gasteiger partial charge is 0.418 e. The molecule has 0 saturated heterocycles. The predicted molar refractivity (Wildman–Crippen MR) is 160 cm³/mol. The average Bonchev–Trinajstić information content (AvgIpc) is 3.16. The van der Waals surface area contributed by atoms with Gasteiger partial charge in [-0.3, -0.25) is 4.79 Å². The lowest BCUT2D eigenvalue weighted by Gasteiger charge is -2.25. The van der Waals surface area contributed by atoms with Crippen molar-refractivity contribution in [3.63, 3.8) is 0 Å². The normalized spacial score (nSPS) is 14.3. The Morgan fingerprint density at radius 3 is 2.58 bits per heavy atom. The molecule has 1 amide bonds. The molecule has 0 saturated carbocycles. The summed E-state index contributed by atoms with van der Waals surface area (Å²) in [6, 6.07) is 8.67. The maximum Gasteiger partial charge on any atom is 0.418 e. The molecule has 43 heavy (non-hydrogen) atoms. The minimum absolute atomic E-state index is 0.0222. The van der Waals surface area contributed by atoms with Gasteiger partial charge in [0, 0.05) is 49.3 Å². The minimum Gasteiger partial charge on any atom is -0.373 e. The summed E-state index contributed by atoms with van der Waals surface area (Å²) in [5.74, 6) is -0.324. The van der Waals surface area contributed by atoms with Crippen molar-refractivity contribution in [3.8, 4) is 0 Å². The number of anilines is 4. The summed E-state index contributed by atoms with van der Waals surface area (Å²) >= 11 is 0. The fourth-order valence-corrected chi connectivity index (χ4v) is 4.22. The number of benzene rings is 2. The van der Waals surface area contributed by atoms with Crippen molar-refractivity contribution < 1.29 is 22.4 Å². The number of aromatic nitrogens is 2. The number of amides is 1. The van der Waals surface area contributed by atoms with Crippen molar-refractivity contribution in [2.75, 3.05) is 68.3 Å². The zero-order chi connectivity index (χ0) is 31.1. The topological polar surface area (TPSA) is 110 Å². The molecule has 0 fully saturated rings. The van der Waals surface area contributed by atoms with Crippen molar-refractivity contribution in [2.24, 2.45) is 9.98 Å². The first-order valence-corrected chi connectivity index (χ1v) is 13.4. The Bertz CT molecular complexity index is 1610. The Labute approximate surface area is 246 Å². The van der Waals surface area contributed by atoms with E-state index >= 15 is 0 Å². The third-order valence-corrected chi connectivity index (χ3v) is 6.57. The molecule has 228 valence electrons. The second-order valence-corrected chi connectivity index (χ2v) is 10.2. The zero-order valence-electron chi connectivity index (χ0n) is 24.2. The molecular weight excluding hydrogens is 566 g/mol. The van der Waals surface area contributed by atoms with Gasteiger partial charge in [-0.05, 0) is 63.0 Å². The number of aryl methyl sites for hydroxylation is 1. The third kappa shape index (κ3) is 8.25. The van der Waals surface area contributed by atoms with Crippen LogP contribution in [0.4, 0.5) is 40.6 Å². The molecule has 0 radical (unpaired) electrons. The first-order valence-electron chi connectivity index (χ1n) is 13.4. The number of likely N-dealkylation sites (N-methyl/N-ethyl adjacent to an activating group) is 2. The van der Waals surface area contributed by atoms with Crippen LogP contribution in [0.5, 0.6) is 0 Å². The monoisotopic (exact) mass is 599 g/mol. The van der Waals surface area contributed by atoms with Crippen LogP contribution in [0.15, 0.2) is 52.6 Å². The van der Waals surface area contributed by atoms with Crippen molar-refractivity contribution in [1.82, 2.24) is 14.9 Å². The molecule has 2 heterocycles. The molecule has 3 aromatic rings. The van der Waals surface area contributed by atoms with Crippen LogP contribution in [0.25, 0.3) is 6.08 Å². The first kappa shape index (κ1) is 31.3. The highest BCUT2D eigenvalue weighted by molar-refractivity contribution is 6.05. The van der Waals surface area contributed by atoms with Gasteiger partial charge in [0.05, 0.1) is 17.1 Å². The molecule has 0 aliphatic carbocycles. The van der Waals surface area contributed by atoms with E-state index in [1.807, 2.05) is 25.9 Å². The number of alkyl halides is 4. The van der Waals surface area contributed by atoms with Crippen LogP contribution in [0.1, 0.15) is 21.5 Å². The molecule has 1 aliphatic rings. The highest BCUT2D eigenvalue weighted by Gasteiger charge is 2.35. The van der Waals surface area contributed by atoms with Crippen LogP contribution in [-0.4, -0.2) is 80.7 Å². The van der Waals surface area contributed by atoms with Crippen LogP contribution in [0.2, 0.25) is 0 Å². The van der Waals surface area contributed by atoms with Crippen LogP contribution in [-0.2, 0) is 6.18 Å². The Kier molecular flexibility index (Phi) is 9.91. The SMILES string of the molecule is Cc1ccc(C(=O)Nc2ccc(N(C)CCN(C)C)c(C(F)(F)F)c2)cc1NC1C=c2nc(NCCF)ncc2=NC=N1. The molecule has 2 aromatic carbocycles. The molecular formula is C29H33F4N9O. The molecule has 0 spiro atoms. The van der Waals surface area contributed by atoms with E-state index in [4.69, 9.17) is 0 Å². The van der Waals surface area contributed by atoms with Crippen molar-refractivity contribution in [1.29, 1.82) is 0 Å². The number of nitrogens with one attached hydrogen (secondary N) is 3. The van der Waals surface area contributed by atoms with Gasteiger partial charge in [0.2, 0.25) is 5.95 Å². The predicted octanol–water partition coefficient (Wildman–Crippen LogP) is 3.32. The summed E-state index contributed by atoms with van der Waals surface area (Å²) in [6.07, 6.45) is -0.643. The Morgan fingerprint density at radius 2 is 1.86 bits per heavy atom. The van der Waals surface area contributed by atoms with E-state index in [-0.39, 0.29) is 29.4 Å². The lowest BCUT2D eigenvalue weighted by Crippen LogP contribution is -2.32. The maximum atomic E-state index is 14.0. The molecule has 1 unspecified atom stereocenters. The number of halogens is 4. The van der Waals surface area contributed by atoms with E-state index < -0.39 is 30.5 Å². The molecule has 1 aromatic heterocycles. The second kappa shape index (κ2) is 13.6. The standard InChI is InChI=1S/C29H33F4N9O/c1-18-5-6-19(13-22(18)39-26-15-23-24(36-17-37-26)16-35-28(40-23)34-10-9-30)27(43)38-20-7-8-25(21(14-20)29(31,32)33)42(4)12-11-41(2)3/h5-8,13-17,26,39H,9-12H2,1-4H3,(H,34,40)(H,38,43). The van der Waals surface area contributed by atoms with Crippen molar-refractivity contribution >= 4 is 41.3 Å². The minimum atomic E-state index is -4.61. The number of hydrogen-bond acceptors (Lipinski definition) is 9. The van der Waals surface area contributed by atoms with E-state index in [0.717, 1.165) is 11.6 Å². The lowest BCUT2D eigenvalue weighted by atomic mass is 10.1. The quantitative estimate of drug-likeness (QED) is 0.290. The van der Waals surface area contributed by atoms with Crippen LogP contribution >= 0.6 is 0 Å². The number of carbonyl (C=O) groups excluding carboxylic acids is 1. The molecule has 3 N–H and O–H groups in total. The van der Waals surface area contributed by atoms with E-state index in [1.165, 1.54) is 24.7 Å². The first-order chi connectivity index (χ1) is 20.4. The number of nitrogens with zero attached hydrogens (tertiary/aromatic N) is 6. The Hall–Kier alpha value is -4.59. The molecule has 1 aliphatic heterocycles. The van der Waals surface area contributed by atoms with Crippen LogP contribution in [0, 0.1) is 6.92 Å². The van der Waals surface area contributed by atoms with Gasteiger partial charge in [0.25, 0.3) is 5.91 Å². The number of hydrogen-bond donors (Lipinski definition) is 3. The summed E-state index contributed by atoms with van der Waals surface area (Å²) in [5.41, 5.74) is 0.827. The Balaban J connectivity index is 1.54. The number of carbonyl (C=O) groups is 1. The summed E-state index contributed by atoms with van der Waals surface area (Å²) in [7, 11) is 5.30. The van der Waals surface area contributed by atoms with Gasteiger partial charge in [-0.15, -0.1) is 0 Å². The summed E-state index contributed by atoms with van der Waals surface area (Å²) in [6.45, 7) is 2.30. The van der Waals surface area contributed by atoms with Gasteiger partial charge in [0.15, 0.2) is 0 Å². The van der Waals surface area contributed by atoms with Gasteiger partial charge in [-0.1, -0.05) is 6.07 Å². The van der Waals surface area contributed by atoms with Gasteiger partial charge in [-0.25, -0.2) is 24.3 Å². The second-order valence-electron chi connectivity index (χ2n) is 10.2. The Morgan fingerprint density at radius 1 is 1.07 bits per heavy atom. The third-order valence-electron chi connectivity index (χ3n) is 6.57. The molecule has 1 atom stereocenters. The summed E-state index contributed by atoms with van der Waals surface area (Å²) in [5, 5.41) is 9.56. The number of rotatable bonds is 11. The van der Waals surface area contributed by atoms with Gasteiger partial charge < -0.3 is 25.8 Å². The summed E-state index contributed by atoms with van der Waals surface area (Å²) < 4.78 is 54.4. The van der Waals surface area contributed by atoms with E-state index in [1.54, 1.807) is 36.2 Å². The smallest absolute Gasteiger partial charge is 0.373 e. The lowest BCUT2D eigenvalue weighted by molar-refractivity contribution is -0.137. The van der Waals surface area contributed by atoms with Crippen LogP contribution in [0.3, 0.4) is 0 Å². The van der Waals surface area contributed by atoms with Crippen molar-refractivity contribution in [3.05, 3.63) is 70.0 Å². The zero-order valence-corrected chi connectivity index (χ0v) is 24.2. The maximum absolute atomic E-state index is 14.0. The highest BCUT2D eigenvalue weighted by atomic mass is 19.4.